The van der Waals surface area contributed by atoms with E-state index >= 15 is 0 Å². The van der Waals surface area contributed by atoms with Crippen molar-refractivity contribution in [3.05, 3.63) is 0 Å². The first kappa shape index (κ1) is 10.4. The number of methoxy groups -OCH3 is 1. The third-order valence-electron chi connectivity index (χ3n) is 3.70. The van der Waals surface area contributed by atoms with Crippen LogP contribution in [0.2, 0.25) is 0 Å². The minimum atomic E-state index is 0.459. The van der Waals surface area contributed by atoms with Crippen molar-refractivity contribution in [1.82, 2.24) is 4.90 Å². The Kier molecular flexibility index (Phi) is 3.42. The Morgan fingerprint density at radius 2 is 1.93 bits per heavy atom. The Labute approximate surface area is 86.6 Å². The predicted molar refractivity (Wildman–Crippen MR) is 57.2 cm³/mol. The van der Waals surface area contributed by atoms with Crippen LogP contribution < -0.4 is 5.73 Å². The van der Waals surface area contributed by atoms with Gasteiger partial charge in [0.05, 0.1) is 0 Å². The van der Waals surface area contributed by atoms with E-state index < -0.39 is 0 Å². The summed E-state index contributed by atoms with van der Waals surface area (Å²) in [6.45, 7) is 3.38. The number of hydrogen-bond acceptors (Lipinski definition) is 3. The molecule has 82 valence electrons. The Hall–Kier alpha value is -0.120. The summed E-state index contributed by atoms with van der Waals surface area (Å²) in [4.78, 5) is 2.62. The predicted octanol–water partition coefficient (Wildman–Crippen LogP) is 0.834. The van der Waals surface area contributed by atoms with Crippen LogP contribution in [-0.2, 0) is 4.74 Å². The van der Waals surface area contributed by atoms with Gasteiger partial charge in [0.15, 0.2) is 0 Å². The van der Waals surface area contributed by atoms with Gasteiger partial charge < -0.3 is 15.4 Å². The molecular formula is C11H22N2O. The molecule has 1 saturated heterocycles. The molecule has 0 aromatic heterocycles. The van der Waals surface area contributed by atoms with Gasteiger partial charge in [0.2, 0.25) is 0 Å². The minimum absolute atomic E-state index is 0.459. The second-order valence-electron chi connectivity index (χ2n) is 4.82. The average Bonchev–Trinajstić information content (AvgIpc) is 2.13. The molecule has 0 unspecified atom stereocenters. The highest BCUT2D eigenvalue weighted by molar-refractivity contribution is 4.89. The van der Waals surface area contributed by atoms with E-state index in [-0.39, 0.29) is 0 Å². The third kappa shape index (κ3) is 2.27. The quantitative estimate of drug-likeness (QED) is 0.730. The van der Waals surface area contributed by atoms with Crippen LogP contribution in [0.3, 0.4) is 0 Å². The molecule has 14 heavy (non-hydrogen) atoms. The van der Waals surface area contributed by atoms with Gasteiger partial charge in [0.25, 0.3) is 0 Å². The van der Waals surface area contributed by atoms with E-state index in [4.69, 9.17) is 10.5 Å². The highest BCUT2D eigenvalue weighted by Gasteiger charge is 2.34. The maximum Gasteiger partial charge on any atom is 0.0491 e. The Morgan fingerprint density at radius 3 is 2.50 bits per heavy atom. The summed E-state index contributed by atoms with van der Waals surface area (Å²) in [6.07, 6.45) is 5.04. The molecular weight excluding hydrogens is 176 g/mol. The monoisotopic (exact) mass is 198 g/mol. The fraction of sp³-hybridized carbons (Fsp3) is 1.00. The molecule has 0 spiro atoms. The zero-order chi connectivity index (χ0) is 9.97. The van der Waals surface area contributed by atoms with Crippen molar-refractivity contribution in [2.45, 2.75) is 37.8 Å². The van der Waals surface area contributed by atoms with Crippen molar-refractivity contribution in [1.29, 1.82) is 0 Å². The van der Waals surface area contributed by atoms with E-state index in [9.17, 15) is 0 Å². The summed E-state index contributed by atoms with van der Waals surface area (Å²) >= 11 is 0. The van der Waals surface area contributed by atoms with Gasteiger partial charge in [-0.15, -0.1) is 0 Å². The zero-order valence-electron chi connectivity index (χ0n) is 9.11. The van der Waals surface area contributed by atoms with E-state index in [2.05, 4.69) is 4.90 Å². The smallest absolute Gasteiger partial charge is 0.0491 e. The summed E-state index contributed by atoms with van der Waals surface area (Å²) < 4.78 is 5.16. The standard InChI is InChI=1S/C11H22N2O/c1-14-8-9-6-11(7-9)13-4-2-10(12)3-5-13/h9-11H,2-8,12H2,1H3. The fourth-order valence-electron chi connectivity index (χ4n) is 2.66. The molecule has 2 rings (SSSR count). The van der Waals surface area contributed by atoms with Crippen LogP contribution in [0.5, 0.6) is 0 Å². The molecule has 0 radical (unpaired) electrons. The van der Waals surface area contributed by atoms with Gasteiger partial charge in [-0.2, -0.15) is 0 Å². The molecule has 0 aromatic rings. The van der Waals surface area contributed by atoms with E-state index in [1.54, 1.807) is 7.11 Å². The molecule has 1 aliphatic carbocycles. The summed E-state index contributed by atoms with van der Waals surface area (Å²) in [6, 6.07) is 1.30. The lowest BCUT2D eigenvalue weighted by Crippen LogP contribution is -2.50. The number of nitrogens with two attached hydrogens (primary N) is 1. The van der Waals surface area contributed by atoms with E-state index in [0.29, 0.717) is 6.04 Å². The first-order valence-corrected chi connectivity index (χ1v) is 5.78. The molecule has 0 aromatic carbocycles. The number of nitrogens with zero attached hydrogens (tertiary/aromatic N) is 1. The second kappa shape index (κ2) is 4.60. The van der Waals surface area contributed by atoms with Crippen LogP contribution in [0.1, 0.15) is 25.7 Å². The fourth-order valence-corrected chi connectivity index (χ4v) is 2.66. The van der Waals surface area contributed by atoms with Gasteiger partial charge >= 0.3 is 0 Å². The molecule has 1 saturated carbocycles. The van der Waals surface area contributed by atoms with E-state index in [1.807, 2.05) is 0 Å². The normalized spacial score (nSPS) is 35.6. The first-order valence-electron chi connectivity index (χ1n) is 5.78. The van der Waals surface area contributed by atoms with Crippen LogP contribution in [0, 0.1) is 5.92 Å². The van der Waals surface area contributed by atoms with Crippen molar-refractivity contribution < 1.29 is 4.74 Å². The SMILES string of the molecule is COCC1CC(N2CCC(N)CC2)C1. The molecule has 0 amide bonds. The van der Waals surface area contributed by atoms with Gasteiger partial charge in [0, 0.05) is 25.8 Å². The lowest BCUT2D eigenvalue weighted by Gasteiger charge is -2.45. The van der Waals surface area contributed by atoms with Gasteiger partial charge in [-0.25, -0.2) is 0 Å². The lowest BCUT2D eigenvalue weighted by molar-refractivity contribution is 0.0190. The number of rotatable bonds is 3. The van der Waals surface area contributed by atoms with Gasteiger partial charge in [-0.1, -0.05) is 0 Å². The van der Waals surface area contributed by atoms with Crippen molar-refractivity contribution in [2.24, 2.45) is 11.7 Å². The highest BCUT2D eigenvalue weighted by Crippen LogP contribution is 2.33. The van der Waals surface area contributed by atoms with Crippen molar-refractivity contribution >= 4 is 0 Å². The van der Waals surface area contributed by atoms with Crippen LogP contribution in [-0.4, -0.2) is 43.8 Å². The van der Waals surface area contributed by atoms with Crippen molar-refractivity contribution in [3.8, 4) is 0 Å². The minimum Gasteiger partial charge on any atom is -0.384 e. The van der Waals surface area contributed by atoms with Crippen LogP contribution in [0.25, 0.3) is 0 Å². The van der Waals surface area contributed by atoms with Crippen molar-refractivity contribution in [3.63, 3.8) is 0 Å². The molecule has 0 bridgehead atoms. The molecule has 1 aliphatic heterocycles. The second-order valence-corrected chi connectivity index (χ2v) is 4.82. The van der Waals surface area contributed by atoms with Crippen LogP contribution in [0.4, 0.5) is 0 Å². The van der Waals surface area contributed by atoms with Crippen molar-refractivity contribution in [2.75, 3.05) is 26.8 Å². The summed E-state index contributed by atoms with van der Waals surface area (Å²) in [7, 11) is 1.80. The summed E-state index contributed by atoms with van der Waals surface area (Å²) in [5.74, 6) is 0.820. The molecule has 2 aliphatic rings. The Morgan fingerprint density at radius 1 is 1.29 bits per heavy atom. The lowest BCUT2D eigenvalue weighted by atomic mass is 9.79. The van der Waals surface area contributed by atoms with Gasteiger partial charge in [0.1, 0.15) is 0 Å². The largest absolute Gasteiger partial charge is 0.384 e. The van der Waals surface area contributed by atoms with Gasteiger partial charge in [-0.3, -0.25) is 0 Å². The van der Waals surface area contributed by atoms with Crippen LogP contribution in [0.15, 0.2) is 0 Å². The number of likely N-dealkylation sites (tertiary alicyclic amines) is 1. The van der Waals surface area contributed by atoms with Crippen LogP contribution >= 0.6 is 0 Å². The molecule has 3 heteroatoms. The number of hydrogen-bond donors (Lipinski definition) is 1. The summed E-state index contributed by atoms with van der Waals surface area (Å²) in [5, 5.41) is 0. The number of ether oxygens (including phenoxy) is 1. The molecule has 2 fully saturated rings. The molecule has 2 N–H and O–H groups in total. The Bertz CT molecular complexity index is 172. The zero-order valence-corrected chi connectivity index (χ0v) is 9.11. The number of piperidine rings is 1. The molecule has 1 heterocycles. The molecule has 0 atom stereocenters. The maximum absolute atomic E-state index is 5.88. The average molecular weight is 198 g/mol. The summed E-state index contributed by atoms with van der Waals surface area (Å²) in [5.41, 5.74) is 5.88. The van der Waals surface area contributed by atoms with Gasteiger partial charge in [-0.05, 0) is 44.7 Å². The highest BCUT2D eigenvalue weighted by atomic mass is 16.5. The topological polar surface area (TPSA) is 38.5 Å². The third-order valence-corrected chi connectivity index (χ3v) is 3.70. The van der Waals surface area contributed by atoms with E-state index in [0.717, 1.165) is 18.6 Å². The first-order chi connectivity index (χ1) is 6.79. The maximum atomic E-state index is 5.88. The molecule has 3 nitrogen and oxygen atoms in total. The van der Waals surface area contributed by atoms with E-state index in [1.165, 1.54) is 38.8 Å². The Balaban J connectivity index is 1.67.